The molecule has 3 heterocycles. The Morgan fingerprint density at radius 2 is 2.03 bits per heavy atom. The first-order chi connectivity index (χ1) is 14.1. The molecule has 6 nitrogen and oxygen atoms in total. The second-order valence-electron chi connectivity index (χ2n) is 7.72. The van der Waals surface area contributed by atoms with E-state index in [0.29, 0.717) is 24.5 Å². The van der Waals surface area contributed by atoms with Crippen molar-refractivity contribution in [1.82, 2.24) is 15.2 Å². The van der Waals surface area contributed by atoms with Crippen molar-refractivity contribution in [2.24, 2.45) is 0 Å². The van der Waals surface area contributed by atoms with E-state index in [-0.39, 0.29) is 17.1 Å². The maximum Gasteiger partial charge on any atom is 0.228 e. The number of carbonyl (C=O) groups excluding carboxylic acids is 1. The molecule has 5 rings (SSSR count). The molecule has 29 heavy (non-hydrogen) atoms. The number of pyridine rings is 1. The van der Waals surface area contributed by atoms with E-state index >= 15 is 0 Å². The number of aromatic nitrogens is 3. The topological polar surface area (TPSA) is 79.8 Å². The van der Waals surface area contributed by atoms with Gasteiger partial charge in [0, 0.05) is 29.4 Å². The van der Waals surface area contributed by atoms with E-state index < -0.39 is 0 Å². The van der Waals surface area contributed by atoms with Gasteiger partial charge in [-0.3, -0.25) is 9.78 Å². The Balaban J connectivity index is 1.31. The zero-order valence-electron chi connectivity index (χ0n) is 15.8. The van der Waals surface area contributed by atoms with Crippen LogP contribution in [-0.2, 0) is 16.6 Å². The number of hydrogen-bond donors (Lipinski definition) is 2. The van der Waals surface area contributed by atoms with Crippen LogP contribution in [0.2, 0.25) is 0 Å². The summed E-state index contributed by atoms with van der Waals surface area (Å²) in [6.45, 7) is 0.569. The highest BCUT2D eigenvalue weighted by molar-refractivity contribution is 5.99. The van der Waals surface area contributed by atoms with Crippen LogP contribution in [0.15, 0.2) is 48.7 Å². The van der Waals surface area contributed by atoms with Gasteiger partial charge in [0.2, 0.25) is 5.91 Å². The fourth-order valence-corrected chi connectivity index (χ4v) is 4.09. The summed E-state index contributed by atoms with van der Waals surface area (Å²) >= 11 is 0. The van der Waals surface area contributed by atoms with Gasteiger partial charge in [0.1, 0.15) is 11.6 Å². The van der Waals surface area contributed by atoms with Crippen molar-refractivity contribution in [3.05, 3.63) is 65.7 Å². The molecule has 1 aliphatic carbocycles. The number of nitrogens with one attached hydrogen (secondary N) is 2. The number of benzene rings is 1. The van der Waals surface area contributed by atoms with Crippen LogP contribution in [0.1, 0.15) is 30.5 Å². The lowest BCUT2D eigenvalue weighted by Crippen LogP contribution is -2.42. The molecule has 2 aromatic heterocycles. The van der Waals surface area contributed by atoms with Crippen LogP contribution >= 0.6 is 0 Å². The fourth-order valence-electron chi connectivity index (χ4n) is 4.09. The SMILES string of the molecule is O=C1Cc2ccc(-c3ccc(NCC4(c5ncccc5F)CCC4)nn3)cc2N1. The van der Waals surface area contributed by atoms with Crippen LogP contribution in [0.25, 0.3) is 11.3 Å². The lowest BCUT2D eigenvalue weighted by molar-refractivity contribution is -0.115. The predicted octanol–water partition coefficient (Wildman–Crippen LogP) is 3.71. The zero-order valence-corrected chi connectivity index (χ0v) is 15.8. The van der Waals surface area contributed by atoms with Crippen molar-refractivity contribution in [2.75, 3.05) is 17.2 Å². The number of anilines is 2. The quantitative estimate of drug-likeness (QED) is 0.695. The van der Waals surface area contributed by atoms with Crippen LogP contribution in [0.3, 0.4) is 0 Å². The second-order valence-corrected chi connectivity index (χ2v) is 7.72. The van der Waals surface area contributed by atoms with Crippen molar-refractivity contribution < 1.29 is 9.18 Å². The zero-order chi connectivity index (χ0) is 19.8. The van der Waals surface area contributed by atoms with E-state index in [1.807, 2.05) is 30.3 Å². The highest BCUT2D eigenvalue weighted by Gasteiger charge is 2.41. The highest BCUT2D eigenvalue weighted by Crippen LogP contribution is 2.43. The molecule has 0 bridgehead atoms. The van der Waals surface area contributed by atoms with Gasteiger partial charge in [-0.05, 0) is 48.7 Å². The summed E-state index contributed by atoms with van der Waals surface area (Å²) in [6.07, 6.45) is 4.94. The lowest BCUT2D eigenvalue weighted by Gasteiger charge is -2.41. The van der Waals surface area contributed by atoms with Gasteiger partial charge in [-0.15, -0.1) is 10.2 Å². The lowest BCUT2D eigenvalue weighted by atomic mass is 9.66. The maximum atomic E-state index is 14.2. The molecule has 0 unspecified atom stereocenters. The molecule has 2 aliphatic rings. The van der Waals surface area contributed by atoms with Gasteiger partial charge in [0.15, 0.2) is 0 Å². The van der Waals surface area contributed by atoms with E-state index in [2.05, 4.69) is 25.8 Å². The summed E-state index contributed by atoms with van der Waals surface area (Å²) in [6, 6.07) is 12.7. The Bertz CT molecular complexity index is 1080. The normalized spacial score (nSPS) is 16.7. The largest absolute Gasteiger partial charge is 0.368 e. The third-order valence-corrected chi connectivity index (χ3v) is 5.87. The first kappa shape index (κ1) is 17.7. The van der Waals surface area contributed by atoms with Crippen molar-refractivity contribution in [1.29, 1.82) is 0 Å². The summed E-state index contributed by atoms with van der Waals surface area (Å²) in [5.41, 5.74) is 3.70. The Morgan fingerprint density at radius 1 is 1.14 bits per heavy atom. The van der Waals surface area contributed by atoms with Gasteiger partial charge in [0.05, 0.1) is 17.8 Å². The molecule has 1 saturated carbocycles. The minimum absolute atomic E-state index is 0.0112. The molecule has 0 saturated heterocycles. The molecule has 1 amide bonds. The molecule has 146 valence electrons. The average molecular weight is 389 g/mol. The van der Waals surface area contributed by atoms with Crippen molar-refractivity contribution in [3.8, 4) is 11.3 Å². The average Bonchev–Trinajstić information content (AvgIpc) is 3.08. The Labute approximate surface area is 167 Å². The molecule has 1 aromatic carbocycles. The molecule has 3 aromatic rings. The van der Waals surface area contributed by atoms with Crippen molar-refractivity contribution in [3.63, 3.8) is 0 Å². The smallest absolute Gasteiger partial charge is 0.228 e. The molecule has 0 atom stereocenters. The molecule has 1 fully saturated rings. The highest BCUT2D eigenvalue weighted by atomic mass is 19.1. The van der Waals surface area contributed by atoms with E-state index in [4.69, 9.17) is 0 Å². The number of carbonyl (C=O) groups is 1. The fraction of sp³-hybridized carbons (Fsp3) is 0.273. The van der Waals surface area contributed by atoms with Gasteiger partial charge in [0.25, 0.3) is 0 Å². The van der Waals surface area contributed by atoms with Crippen LogP contribution in [0, 0.1) is 5.82 Å². The monoisotopic (exact) mass is 389 g/mol. The summed E-state index contributed by atoms with van der Waals surface area (Å²) in [7, 11) is 0. The van der Waals surface area contributed by atoms with Crippen LogP contribution in [0.5, 0.6) is 0 Å². The Morgan fingerprint density at radius 3 is 2.76 bits per heavy atom. The summed E-state index contributed by atoms with van der Waals surface area (Å²) in [4.78, 5) is 15.8. The van der Waals surface area contributed by atoms with E-state index in [1.54, 1.807) is 12.3 Å². The Kier molecular flexibility index (Phi) is 4.23. The molecular formula is C22H20FN5O. The van der Waals surface area contributed by atoms with Gasteiger partial charge >= 0.3 is 0 Å². The van der Waals surface area contributed by atoms with Crippen LogP contribution < -0.4 is 10.6 Å². The van der Waals surface area contributed by atoms with Crippen molar-refractivity contribution >= 4 is 17.4 Å². The first-order valence-corrected chi connectivity index (χ1v) is 9.75. The number of nitrogens with zero attached hydrogens (tertiary/aromatic N) is 3. The molecule has 1 aliphatic heterocycles. The molecule has 0 radical (unpaired) electrons. The number of rotatable bonds is 5. The van der Waals surface area contributed by atoms with Gasteiger partial charge < -0.3 is 10.6 Å². The number of fused-ring (bicyclic) bond motifs is 1. The second kappa shape index (κ2) is 6.92. The molecule has 7 heteroatoms. The van der Waals surface area contributed by atoms with Crippen molar-refractivity contribution in [2.45, 2.75) is 31.1 Å². The molecule has 2 N–H and O–H groups in total. The third-order valence-electron chi connectivity index (χ3n) is 5.87. The Hall–Kier alpha value is -3.35. The third kappa shape index (κ3) is 3.22. The first-order valence-electron chi connectivity index (χ1n) is 9.75. The van der Waals surface area contributed by atoms with Crippen LogP contribution in [-0.4, -0.2) is 27.6 Å². The van der Waals surface area contributed by atoms with E-state index in [1.165, 1.54) is 6.07 Å². The van der Waals surface area contributed by atoms with Crippen LogP contribution in [0.4, 0.5) is 15.9 Å². The van der Waals surface area contributed by atoms with E-state index in [0.717, 1.165) is 41.8 Å². The summed E-state index contributed by atoms with van der Waals surface area (Å²) in [5, 5.41) is 14.7. The predicted molar refractivity (Wildman–Crippen MR) is 108 cm³/mol. The molecule has 0 spiro atoms. The maximum absolute atomic E-state index is 14.2. The number of hydrogen-bond acceptors (Lipinski definition) is 5. The van der Waals surface area contributed by atoms with Gasteiger partial charge in [-0.2, -0.15) is 0 Å². The standard InChI is InChI=1S/C22H20FN5O/c23-16-3-1-10-24-21(16)22(8-2-9-22)13-25-19-7-6-17(27-28-19)14-4-5-15-12-20(29)26-18(15)11-14/h1,3-7,10-11H,2,8-9,12-13H2,(H,25,28)(H,26,29). The summed E-state index contributed by atoms with van der Waals surface area (Å²) < 4.78 is 14.2. The van der Waals surface area contributed by atoms with Gasteiger partial charge in [-0.1, -0.05) is 18.6 Å². The number of halogens is 1. The van der Waals surface area contributed by atoms with E-state index in [9.17, 15) is 9.18 Å². The minimum Gasteiger partial charge on any atom is -0.368 e. The summed E-state index contributed by atoms with van der Waals surface area (Å²) in [5.74, 6) is 0.405. The van der Waals surface area contributed by atoms with Gasteiger partial charge in [-0.25, -0.2) is 4.39 Å². The minimum atomic E-state index is -0.288. The molecular weight excluding hydrogens is 369 g/mol. The number of amides is 1.